The summed E-state index contributed by atoms with van der Waals surface area (Å²) in [5.41, 5.74) is 6.18. The van der Waals surface area contributed by atoms with Crippen molar-refractivity contribution < 1.29 is 49.3 Å². The number of Topliss-reactive ketones (excluding diaryl/α,β-unsaturated/α-hetero) is 1. The second kappa shape index (κ2) is 19.9. The molecule has 0 spiro atoms. The lowest BCUT2D eigenvalue weighted by Gasteiger charge is -2.25. The van der Waals surface area contributed by atoms with E-state index in [1.165, 1.54) is 23.0 Å². The van der Waals surface area contributed by atoms with Gasteiger partial charge in [0.05, 0.1) is 10.3 Å². The van der Waals surface area contributed by atoms with Crippen LogP contribution in [0.3, 0.4) is 0 Å². The fourth-order valence-corrected chi connectivity index (χ4v) is 8.12. The second-order valence-corrected chi connectivity index (χ2v) is 16.9. The Balaban J connectivity index is 0.00000178. The summed E-state index contributed by atoms with van der Waals surface area (Å²) >= 11 is 0. The fraction of sp³-hybridized carbons (Fsp3) is 0.395. The molecule has 310 valence electrons. The third-order valence-electron chi connectivity index (χ3n) is 10.5. The van der Waals surface area contributed by atoms with Crippen molar-refractivity contribution >= 4 is 55.8 Å². The summed E-state index contributed by atoms with van der Waals surface area (Å²) in [6, 6.07) is 19.9. The summed E-state index contributed by atoms with van der Waals surface area (Å²) < 4.78 is 66.9. The summed E-state index contributed by atoms with van der Waals surface area (Å²) in [6.45, 7) is 12.6. The second-order valence-electron chi connectivity index (χ2n) is 15.0. The maximum Gasteiger partial charge on any atom is 0.425 e. The van der Waals surface area contributed by atoms with Gasteiger partial charge in [0.1, 0.15) is 24.7 Å². The van der Waals surface area contributed by atoms with Gasteiger partial charge >= 0.3 is 10.6 Å². The van der Waals surface area contributed by atoms with Gasteiger partial charge in [0.25, 0.3) is 16.0 Å². The van der Waals surface area contributed by atoms with Crippen LogP contribution in [0.2, 0.25) is 0 Å². The average molecular weight is 835 g/mol. The van der Waals surface area contributed by atoms with Gasteiger partial charge in [0.2, 0.25) is 5.69 Å². The van der Waals surface area contributed by atoms with Gasteiger partial charge in [0.15, 0.2) is 12.0 Å². The first-order valence-corrected chi connectivity index (χ1v) is 21.6. The first-order chi connectivity index (χ1) is 27.4. The number of aldehydes is 1. The van der Waals surface area contributed by atoms with Gasteiger partial charge in [-0.15, -0.1) is 12.6 Å². The molecule has 0 fully saturated rings. The summed E-state index contributed by atoms with van der Waals surface area (Å²) in [4.78, 5) is 37.9. The number of allylic oxidation sites excluding steroid dienone is 4. The number of para-hydroxylation sites is 1. The first-order valence-electron chi connectivity index (χ1n) is 19.2. The molecule has 2 heterocycles. The topological polar surface area (TPSA) is 184 Å². The van der Waals surface area contributed by atoms with Crippen molar-refractivity contribution in [2.75, 3.05) is 31.1 Å². The molecule has 0 aromatic heterocycles. The minimum absolute atomic E-state index is 0.0827. The van der Waals surface area contributed by atoms with Gasteiger partial charge < -0.3 is 15.0 Å². The van der Waals surface area contributed by atoms with E-state index in [2.05, 4.69) is 91.9 Å². The standard InChI is InChI=1S/C43H51N3O7S.O3S/c1-6-45-37-20-10-9-19-35(37)42(2,3)39(45)21-13-22-40-43(4,5)36-30-34(54(50,51)52)23-24-38(36)46(40)26-11-7-8-16-32(48)17-14-25-44-41(49)31-15-12-18-33(29-31)53-28-27-47;1-4(2)3/h9-10,12-13,15,18-24,27,29-30H,6-8,11,14,16-17,25-26,28H2,1-5H3,(H-,44,49,50,51,52);/p+1. The molecular weight excluding hydrogens is 783 g/mol. The van der Waals surface area contributed by atoms with Crippen LogP contribution in [0.5, 0.6) is 5.75 Å². The van der Waals surface area contributed by atoms with Crippen LogP contribution < -0.4 is 15.0 Å². The molecule has 0 saturated carbocycles. The van der Waals surface area contributed by atoms with Crippen LogP contribution in [0, 0.1) is 0 Å². The number of hydrogen-bond donors (Lipinski definition) is 2. The van der Waals surface area contributed by atoms with Crippen molar-refractivity contribution in [3.63, 3.8) is 0 Å². The number of ether oxygens (including phenoxy) is 1. The fourth-order valence-electron chi connectivity index (χ4n) is 7.61. The Morgan fingerprint density at radius 1 is 0.897 bits per heavy atom. The number of carbonyl (C=O) groups excluding carboxylic acids is 3. The quantitative estimate of drug-likeness (QED) is 0.0619. The van der Waals surface area contributed by atoms with E-state index in [0.717, 1.165) is 42.8 Å². The van der Waals surface area contributed by atoms with Crippen LogP contribution >= 0.6 is 0 Å². The molecule has 0 radical (unpaired) electrons. The normalized spacial score (nSPS) is 15.8. The largest absolute Gasteiger partial charge is 0.486 e. The molecular formula is C43H52N3O10S2+. The lowest BCUT2D eigenvalue weighted by molar-refractivity contribution is -0.438. The van der Waals surface area contributed by atoms with Gasteiger partial charge in [-0.3, -0.25) is 18.9 Å². The molecule has 2 aliphatic heterocycles. The molecule has 0 atom stereocenters. The van der Waals surface area contributed by atoms with Gasteiger partial charge in [-0.1, -0.05) is 44.2 Å². The highest BCUT2D eigenvalue weighted by molar-refractivity contribution is 7.85. The number of nitrogens with zero attached hydrogens (tertiary/aromatic N) is 2. The highest BCUT2D eigenvalue weighted by Gasteiger charge is 2.45. The molecule has 1 amide bonds. The van der Waals surface area contributed by atoms with Crippen molar-refractivity contribution in [2.45, 2.75) is 88.9 Å². The molecule has 2 N–H and O–H groups in total. The van der Waals surface area contributed by atoms with Gasteiger partial charge in [-0.2, -0.15) is 13.0 Å². The van der Waals surface area contributed by atoms with Crippen molar-refractivity contribution in [1.29, 1.82) is 0 Å². The number of unbranched alkanes of at least 4 members (excludes halogenated alkanes) is 2. The number of benzene rings is 3. The predicted octanol–water partition coefficient (Wildman–Crippen LogP) is 6.48. The lowest BCUT2D eigenvalue weighted by Crippen LogP contribution is -2.28. The van der Waals surface area contributed by atoms with Crippen LogP contribution in [0.4, 0.5) is 11.4 Å². The number of amides is 1. The zero-order chi connectivity index (χ0) is 42.7. The zero-order valence-corrected chi connectivity index (χ0v) is 35.2. The number of fused-ring (bicyclic) bond motifs is 2. The van der Waals surface area contributed by atoms with Gasteiger partial charge in [0, 0.05) is 72.4 Å². The molecule has 13 nitrogen and oxygen atoms in total. The predicted molar refractivity (Wildman–Crippen MR) is 222 cm³/mol. The third-order valence-corrected chi connectivity index (χ3v) is 11.3. The number of carbonyl (C=O) groups is 3. The van der Waals surface area contributed by atoms with Gasteiger partial charge in [-0.05, 0) is 88.1 Å². The summed E-state index contributed by atoms with van der Waals surface area (Å²) in [5.74, 6) is 0.328. The Morgan fingerprint density at radius 2 is 1.60 bits per heavy atom. The van der Waals surface area contributed by atoms with Crippen molar-refractivity contribution in [3.05, 3.63) is 107 Å². The minimum atomic E-state index is -4.38. The maximum absolute atomic E-state index is 12.7. The van der Waals surface area contributed by atoms with E-state index in [0.29, 0.717) is 50.0 Å². The smallest absolute Gasteiger partial charge is 0.425 e. The molecule has 3 aromatic rings. The van der Waals surface area contributed by atoms with E-state index in [1.54, 1.807) is 36.4 Å². The highest BCUT2D eigenvalue weighted by atomic mass is 32.2. The number of rotatable bonds is 18. The van der Waals surface area contributed by atoms with Crippen molar-refractivity contribution in [1.82, 2.24) is 5.32 Å². The SMILES string of the molecule is CCN1/C(=C\C=C\C2=[N+](CCCCCC(=O)CCCNC(=O)c3cccc(OCC=O)c3)c3ccc(S(=O)(=O)O)cc3C2(C)C)C(C)(C)c2ccccc21.O=S(=O)=O. The molecule has 5 rings (SSSR count). The molecule has 58 heavy (non-hydrogen) atoms. The maximum atomic E-state index is 12.7. The molecule has 0 bridgehead atoms. The van der Waals surface area contributed by atoms with Crippen LogP contribution in [0.15, 0.2) is 95.6 Å². The number of anilines is 1. The van der Waals surface area contributed by atoms with Crippen LogP contribution in [0.1, 0.15) is 94.6 Å². The summed E-state index contributed by atoms with van der Waals surface area (Å²) in [5, 5.41) is 2.84. The third kappa shape index (κ3) is 11.2. The zero-order valence-electron chi connectivity index (χ0n) is 33.6. The number of ketones is 1. The van der Waals surface area contributed by atoms with Crippen LogP contribution in [0.25, 0.3) is 0 Å². The highest BCUT2D eigenvalue weighted by Crippen LogP contribution is 2.47. The van der Waals surface area contributed by atoms with Crippen molar-refractivity contribution in [3.8, 4) is 5.75 Å². The number of nitrogens with one attached hydrogen (secondary N) is 1. The number of hydrogen-bond acceptors (Lipinski definition) is 10. The first kappa shape index (κ1) is 45.5. The number of likely N-dealkylation sites (N-methyl/N-ethyl adjacent to an activating group) is 1. The van der Waals surface area contributed by atoms with E-state index in [-0.39, 0.29) is 28.6 Å². The molecule has 2 aliphatic rings. The minimum Gasteiger partial charge on any atom is -0.486 e. The van der Waals surface area contributed by atoms with E-state index in [9.17, 15) is 27.4 Å². The molecule has 0 saturated heterocycles. The summed E-state index contributed by atoms with van der Waals surface area (Å²) in [7, 11) is -7.49. The van der Waals surface area contributed by atoms with Crippen molar-refractivity contribution in [2.24, 2.45) is 0 Å². The Morgan fingerprint density at radius 3 is 2.29 bits per heavy atom. The molecule has 15 heteroatoms. The Bertz CT molecular complexity index is 2320. The van der Waals surface area contributed by atoms with Crippen LogP contribution in [-0.2, 0) is 41.1 Å². The molecule has 0 aliphatic carbocycles. The van der Waals surface area contributed by atoms with Crippen LogP contribution in [-0.4, -0.2) is 80.1 Å². The Hall–Kier alpha value is -5.25. The average Bonchev–Trinajstić information content (AvgIpc) is 3.52. The monoisotopic (exact) mass is 834 g/mol. The van der Waals surface area contributed by atoms with E-state index < -0.39 is 26.1 Å². The lowest BCUT2D eigenvalue weighted by atomic mass is 9.81. The van der Waals surface area contributed by atoms with E-state index in [4.69, 9.17) is 17.4 Å². The van der Waals surface area contributed by atoms with E-state index >= 15 is 0 Å². The molecule has 0 unspecified atom stereocenters. The summed E-state index contributed by atoms with van der Waals surface area (Å²) in [6.07, 6.45) is 10.8. The van der Waals surface area contributed by atoms with Gasteiger partial charge in [-0.25, -0.2) is 0 Å². The molecule has 3 aromatic carbocycles. The van der Waals surface area contributed by atoms with E-state index in [1.807, 2.05) is 0 Å². The Labute approximate surface area is 342 Å². The Kier molecular flexibility index (Phi) is 15.6.